The molecule has 0 aliphatic rings. The summed E-state index contributed by atoms with van der Waals surface area (Å²) >= 11 is 0. The number of aliphatic hydroxyl groups excluding tert-OH is 2. The fraction of sp³-hybridized carbons (Fsp3) is 0.939. The molecule has 1 atom stereocenters. The van der Waals surface area contributed by atoms with Crippen molar-refractivity contribution in [3.63, 3.8) is 0 Å². The van der Waals surface area contributed by atoms with Gasteiger partial charge in [-0.15, -0.1) is 0 Å². The molecule has 0 spiro atoms. The fourth-order valence-electron chi connectivity index (χ4n) is 4.85. The highest BCUT2D eigenvalue weighted by atomic mass is 16.3. The van der Waals surface area contributed by atoms with Gasteiger partial charge in [0.2, 0.25) is 0 Å². The molecule has 0 aromatic carbocycles. The van der Waals surface area contributed by atoms with Crippen LogP contribution in [-0.4, -0.2) is 85.8 Å². The number of hydrogen-bond donors (Lipinski definition) is 2. The molecule has 2 N–H and O–H groups in total. The SMILES string of the molecule is CC/C=C\C[N+](C)(CCO)CCCCCCCCCCCCCCCCCC.CC[N+](C)(CC)CCO. The molecule has 0 fully saturated rings. The van der Waals surface area contributed by atoms with Gasteiger partial charge in [0.15, 0.2) is 0 Å². The molecule has 0 radical (unpaired) electrons. The van der Waals surface area contributed by atoms with Crippen LogP contribution in [0.25, 0.3) is 0 Å². The second-order valence-corrected chi connectivity index (χ2v) is 11.9. The van der Waals surface area contributed by atoms with Gasteiger partial charge in [-0.25, -0.2) is 0 Å². The second-order valence-electron chi connectivity index (χ2n) is 11.9. The lowest BCUT2D eigenvalue weighted by atomic mass is 10.0. The van der Waals surface area contributed by atoms with Crippen LogP contribution < -0.4 is 0 Å². The van der Waals surface area contributed by atoms with Gasteiger partial charge in [-0.05, 0) is 39.2 Å². The van der Waals surface area contributed by atoms with Crippen molar-refractivity contribution in [2.24, 2.45) is 0 Å². The summed E-state index contributed by atoms with van der Waals surface area (Å²) in [5.41, 5.74) is 0. The molecular formula is C33H72N2O2+2. The summed E-state index contributed by atoms with van der Waals surface area (Å²) in [5.74, 6) is 0. The summed E-state index contributed by atoms with van der Waals surface area (Å²) in [5, 5.41) is 18.0. The third-order valence-corrected chi connectivity index (χ3v) is 8.31. The molecule has 0 saturated heterocycles. The van der Waals surface area contributed by atoms with Gasteiger partial charge in [0.25, 0.3) is 0 Å². The Kier molecular flexibility index (Phi) is 29.9. The first-order chi connectivity index (χ1) is 17.9. The Morgan fingerprint density at radius 2 is 0.838 bits per heavy atom. The van der Waals surface area contributed by atoms with Gasteiger partial charge in [0.1, 0.15) is 13.1 Å². The summed E-state index contributed by atoms with van der Waals surface area (Å²) in [6.45, 7) is 15.6. The Labute approximate surface area is 234 Å². The average Bonchev–Trinajstić information content (AvgIpc) is 2.89. The number of allylic oxidation sites excluding steroid dienone is 1. The Balaban J connectivity index is 0. The molecule has 0 amide bonds. The van der Waals surface area contributed by atoms with Crippen LogP contribution in [0.4, 0.5) is 0 Å². The Morgan fingerprint density at radius 3 is 1.16 bits per heavy atom. The van der Waals surface area contributed by atoms with Crippen molar-refractivity contribution in [3.8, 4) is 0 Å². The lowest BCUT2D eigenvalue weighted by Gasteiger charge is -2.33. The predicted octanol–water partition coefficient (Wildman–Crippen LogP) is 8.12. The number of hydrogen-bond acceptors (Lipinski definition) is 2. The highest BCUT2D eigenvalue weighted by Gasteiger charge is 2.18. The Hall–Kier alpha value is -0.420. The van der Waals surface area contributed by atoms with E-state index in [1.165, 1.54) is 109 Å². The van der Waals surface area contributed by atoms with Crippen molar-refractivity contribution in [1.82, 2.24) is 0 Å². The largest absolute Gasteiger partial charge is 0.391 e. The van der Waals surface area contributed by atoms with Crippen LogP contribution in [0.2, 0.25) is 0 Å². The van der Waals surface area contributed by atoms with Crippen LogP contribution in [0.1, 0.15) is 137 Å². The van der Waals surface area contributed by atoms with Crippen molar-refractivity contribution in [2.45, 2.75) is 137 Å². The summed E-state index contributed by atoms with van der Waals surface area (Å²) in [6.07, 6.45) is 28.4. The minimum atomic E-state index is 0.301. The van der Waals surface area contributed by atoms with Crippen LogP contribution in [0, 0.1) is 0 Å². The van der Waals surface area contributed by atoms with Gasteiger partial charge in [-0.2, -0.15) is 0 Å². The van der Waals surface area contributed by atoms with Crippen LogP contribution in [-0.2, 0) is 0 Å². The highest BCUT2D eigenvalue weighted by Crippen LogP contribution is 2.14. The zero-order valence-corrected chi connectivity index (χ0v) is 26.6. The van der Waals surface area contributed by atoms with E-state index < -0.39 is 0 Å². The zero-order chi connectivity index (χ0) is 28.1. The van der Waals surface area contributed by atoms with E-state index in [1.807, 2.05) is 0 Å². The van der Waals surface area contributed by atoms with Crippen molar-refractivity contribution >= 4 is 0 Å². The third kappa shape index (κ3) is 27.0. The van der Waals surface area contributed by atoms with E-state index in [-0.39, 0.29) is 0 Å². The standard InChI is InChI=1S/C26H54NO.C7H18NO/c1-4-6-8-9-10-11-12-13-14-15-16-17-18-19-20-22-24-27(3,25-26-28)23-21-7-5-2;1-4-8(3,5-2)6-7-9/h7,21,28H,4-6,8-20,22-26H2,1-3H3;9H,4-7H2,1-3H3/q2*+1/b21-7-;. The lowest BCUT2D eigenvalue weighted by molar-refractivity contribution is -0.906. The van der Waals surface area contributed by atoms with Crippen LogP contribution in [0.5, 0.6) is 0 Å². The van der Waals surface area contributed by atoms with Gasteiger partial charge >= 0.3 is 0 Å². The maximum absolute atomic E-state index is 9.35. The minimum absolute atomic E-state index is 0.301. The van der Waals surface area contributed by atoms with E-state index in [0.29, 0.717) is 13.2 Å². The normalized spacial score (nSPS) is 13.5. The maximum Gasteiger partial charge on any atom is 0.102 e. The smallest absolute Gasteiger partial charge is 0.102 e. The first kappa shape index (κ1) is 38.7. The summed E-state index contributed by atoms with van der Waals surface area (Å²) in [7, 11) is 4.46. The molecule has 4 nitrogen and oxygen atoms in total. The quantitative estimate of drug-likeness (QED) is 0.0676. The number of nitrogens with zero attached hydrogens (tertiary/aromatic N) is 2. The highest BCUT2D eigenvalue weighted by molar-refractivity contribution is 4.80. The molecule has 0 aliphatic heterocycles. The zero-order valence-electron chi connectivity index (χ0n) is 26.6. The number of unbranched alkanes of at least 4 members (excludes halogenated alkanes) is 15. The lowest BCUT2D eigenvalue weighted by Crippen LogP contribution is -2.46. The minimum Gasteiger partial charge on any atom is -0.391 e. The Bertz CT molecular complexity index is 465. The number of quaternary nitrogens is 2. The Morgan fingerprint density at radius 1 is 0.459 bits per heavy atom. The summed E-state index contributed by atoms with van der Waals surface area (Å²) in [6, 6.07) is 0. The van der Waals surface area contributed by atoms with E-state index in [9.17, 15) is 5.11 Å². The molecule has 0 heterocycles. The molecular weight excluding hydrogens is 456 g/mol. The predicted molar refractivity (Wildman–Crippen MR) is 166 cm³/mol. The molecule has 224 valence electrons. The molecule has 37 heavy (non-hydrogen) atoms. The van der Waals surface area contributed by atoms with Gasteiger partial charge in [0.05, 0.1) is 53.5 Å². The van der Waals surface area contributed by atoms with Crippen molar-refractivity contribution in [3.05, 3.63) is 12.2 Å². The summed E-state index contributed by atoms with van der Waals surface area (Å²) in [4.78, 5) is 0. The van der Waals surface area contributed by atoms with Crippen molar-refractivity contribution in [1.29, 1.82) is 0 Å². The molecule has 0 aromatic heterocycles. The van der Waals surface area contributed by atoms with Gasteiger partial charge in [-0.3, -0.25) is 0 Å². The van der Waals surface area contributed by atoms with Crippen LogP contribution >= 0.6 is 0 Å². The molecule has 0 aliphatic carbocycles. The molecule has 4 heteroatoms. The fourth-order valence-corrected chi connectivity index (χ4v) is 4.85. The van der Waals surface area contributed by atoms with Crippen molar-refractivity contribution < 1.29 is 19.2 Å². The number of likely N-dealkylation sites (N-methyl/N-ethyl adjacent to an activating group) is 2. The first-order valence-corrected chi connectivity index (χ1v) is 16.4. The van der Waals surface area contributed by atoms with Gasteiger partial charge in [-0.1, -0.05) is 110 Å². The first-order valence-electron chi connectivity index (χ1n) is 16.4. The van der Waals surface area contributed by atoms with E-state index in [4.69, 9.17) is 5.11 Å². The van der Waals surface area contributed by atoms with E-state index in [1.54, 1.807) is 0 Å². The molecule has 0 saturated carbocycles. The number of rotatable bonds is 26. The van der Waals surface area contributed by atoms with Crippen LogP contribution in [0.3, 0.4) is 0 Å². The molecule has 0 bridgehead atoms. The van der Waals surface area contributed by atoms with Gasteiger partial charge in [0, 0.05) is 0 Å². The van der Waals surface area contributed by atoms with Crippen LogP contribution in [0.15, 0.2) is 12.2 Å². The number of aliphatic hydroxyl groups is 2. The molecule has 0 aromatic rings. The third-order valence-electron chi connectivity index (χ3n) is 8.31. The van der Waals surface area contributed by atoms with Crippen molar-refractivity contribution in [2.75, 3.05) is 66.6 Å². The van der Waals surface area contributed by atoms with E-state index in [0.717, 1.165) is 48.1 Å². The topological polar surface area (TPSA) is 40.5 Å². The average molecular weight is 529 g/mol. The second kappa shape index (κ2) is 28.6. The maximum atomic E-state index is 9.35. The monoisotopic (exact) mass is 529 g/mol. The van der Waals surface area contributed by atoms with E-state index in [2.05, 4.69) is 53.9 Å². The summed E-state index contributed by atoms with van der Waals surface area (Å²) < 4.78 is 1.97. The van der Waals surface area contributed by atoms with Gasteiger partial charge < -0.3 is 19.2 Å². The molecule has 1 unspecified atom stereocenters. The molecule has 0 rings (SSSR count). The van der Waals surface area contributed by atoms with E-state index >= 15 is 0 Å².